The molecule has 0 N–H and O–H groups in total. The zero-order valence-electron chi connectivity index (χ0n) is 2.07. The van der Waals surface area contributed by atoms with Crippen LogP contribution in [0.5, 0.6) is 0 Å². The Hall–Kier alpha value is 0.250. The van der Waals surface area contributed by atoms with Crippen LogP contribution < -0.4 is 0 Å². The van der Waals surface area contributed by atoms with Crippen LogP contribution in [0.2, 0.25) is 0 Å². The Labute approximate surface area is 29.5 Å². The van der Waals surface area contributed by atoms with E-state index in [0.717, 1.165) is 6.61 Å². The molecule has 24 valence electrons. The second-order valence-electron chi connectivity index (χ2n) is 0.743. The molecule has 0 aromatic rings. The molecule has 0 radical (unpaired) electrons. The van der Waals surface area contributed by atoms with Crippen LogP contribution >= 0.6 is 11.6 Å². The number of halogens is 1. The number of ether oxygens (including phenoxy) is 1. The van der Waals surface area contributed by atoms with Crippen molar-refractivity contribution in [2.45, 2.75) is 5.56 Å². The first kappa shape index (κ1) is 2.49. The van der Waals surface area contributed by atoms with Crippen molar-refractivity contribution in [1.82, 2.24) is 0 Å². The van der Waals surface area contributed by atoms with Crippen LogP contribution in [-0.4, -0.2) is 12.2 Å². The van der Waals surface area contributed by atoms with E-state index in [0.29, 0.717) is 0 Å². The molecule has 0 unspecified atom stereocenters. The number of hydrogen-bond acceptors (Lipinski definition) is 1. The average Bonchev–Trinajstić information content (AvgIpc) is 1.75. The van der Waals surface area contributed by atoms with E-state index in [1.807, 2.05) is 0 Å². The van der Waals surface area contributed by atoms with Crippen molar-refractivity contribution in [3.8, 4) is 0 Å². The van der Waals surface area contributed by atoms with Gasteiger partial charge in [0.2, 0.25) is 0 Å². The first-order valence-electron chi connectivity index (χ1n) is 1.15. The molecule has 0 aromatic heterocycles. The van der Waals surface area contributed by atoms with Crippen LogP contribution in [0.1, 0.15) is 0 Å². The van der Waals surface area contributed by atoms with E-state index >= 15 is 0 Å². The summed E-state index contributed by atoms with van der Waals surface area (Å²) in [5.41, 5.74) is 0.0556. The van der Waals surface area contributed by atoms with Gasteiger partial charge in [0.15, 0.2) is 5.56 Å². The maximum Gasteiger partial charge on any atom is 0.154 e. The zero-order valence-corrected chi connectivity index (χ0v) is 2.83. The lowest BCUT2D eigenvalue weighted by molar-refractivity contribution is 0.457. The van der Waals surface area contributed by atoms with Crippen LogP contribution in [0.3, 0.4) is 0 Å². The van der Waals surface area contributed by atoms with E-state index < -0.39 is 0 Å². The summed E-state index contributed by atoms with van der Waals surface area (Å²) in [6.45, 7) is 0.752. The minimum atomic E-state index is 0.0556. The summed E-state index contributed by atoms with van der Waals surface area (Å²) in [6, 6.07) is 0. The van der Waals surface area contributed by atoms with Gasteiger partial charge in [0.1, 0.15) is 0 Å². The molecule has 0 aromatic carbocycles. The second kappa shape index (κ2) is 0.597. The number of epoxide rings is 1. The third-order valence-corrected chi connectivity index (χ3v) is 0.545. The Kier molecular flexibility index (Phi) is 0.371. The third-order valence-electron chi connectivity index (χ3n) is 0.293. The van der Waals surface area contributed by atoms with Crippen molar-refractivity contribution in [2.24, 2.45) is 0 Å². The topological polar surface area (TPSA) is 12.5 Å². The van der Waals surface area contributed by atoms with Crippen LogP contribution in [-0.2, 0) is 4.74 Å². The fraction of sp³-hybridized carbons (Fsp3) is 1.00. The molecule has 2 heteroatoms. The van der Waals surface area contributed by atoms with E-state index in [4.69, 9.17) is 11.6 Å². The molecule has 0 aliphatic carbocycles. The van der Waals surface area contributed by atoms with Gasteiger partial charge in [-0.05, 0) is 0 Å². The van der Waals surface area contributed by atoms with Gasteiger partial charge in [0.05, 0.1) is 6.61 Å². The molecule has 0 saturated carbocycles. The summed E-state index contributed by atoms with van der Waals surface area (Å²) in [5, 5.41) is 0. The molecule has 0 amide bonds. The van der Waals surface area contributed by atoms with Gasteiger partial charge >= 0.3 is 0 Å². The Balaban J connectivity index is 2.17. The van der Waals surface area contributed by atoms with Gasteiger partial charge in [-0.3, -0.25) is 0 Å². The van der Waals surface area contributed by atoms with Crippen molar-refractivity contribution in [3.05, 3.63) is 0 Å². The lowest BCUT2D eigenvalue weighted by Crippen LogP contribution is -1.51. The minimum absolute atomic E-state index is 0.0556. The molecule has 4 heavy (non-hydrogen) atoms. The maximum absolute atomic E-state index is 5.16. The normalized spacial score (nSPS) is 39.8. The lowest BCUT2D eigenvalue weighted by Gasteiger charge is -1.48. The summed E-state index contributed by atoms with van der Waals surface area (Å²) >= 11 is 5.16. The van der Waals surface area contributed by atoms with E-state index in [9.17, 15) is 0 Å². The molecule has 1 heterocycles. The quantitative estimate of drug-likeness (QED) is 0.305. The smallest absolute Gasteiger partial charge is 0.154 e. The molecule has 0 spiro atoms. The van der Waals surface area contributed by atoms with Crippen LogP contribution in [0.4, 0.5) is 0 Å². The van der Waals surface area contributed by atoms with Crippen LogP contribution in [0.15, 0.2) is 0 Å². The zero-order chi connectivity index (χ0) is 2.99. The molecule has 1 fully saturated rings. The molecule has 1 saturated heterocycles. The molecule has 1 aliphatic heterocycles. The van der Waals surface area contributed by atoms with Gasteiger partial charge in [0, 0.05) is 0 Å². The second-order valence-corrected chi connectivity index (χ2v) is 1.23. The van der Waals surface area contributed by atoms with Crippen molar-refractivity contribution < 1.29 is 4.74 Å². The maximum atomic E-state index is 5.16. The highest BCUT2D eigenvalue weighted by Gasteiger charge is 2.16. The third kappa shape index (κ3) is 0.333. The first-order chi connectivity index (χ1) is 1.89. The van der Waals surface area contributed by atoms with Gasteiger partial charge in [-0.25, -0.2) is 0 Å². The number of rotatable bonds is 0. The Morgan fingerprint density at radius 3 is 2.25 bits per heavy atom. The number of alkyl halides is 1. The van der Waals surface area contributed by atoms with Crippen LogP contribution in [0.25, 0.3) is 0 Å². The lowest BCUT2D eigenvalue weighted by atomic mass is 11.0. The number of hydrogen-bond donors (Lipinski definition) is 0. The Bertz CT molecular complexity index is 25.2. The van der Waals surface area contributed by atoms with Crippen molar-refractivity contribution in [2.75, 3.05) is 6.61 Å². The molecule has 1 rings (SSSR count). The summed E-state index contributed by atoms with van der Waals surface area (Å²) in [6.07, 6.45) is 0. The fourth-order valence-electron chi connectivity index (χ4n) is 0.0364. The monoisotopic (exact) mass is 78.0 g/mol. The van der Waals surface area contributed by atoms with Gasteiger partial charge in [0.25, 0.3) is 0 Å². The molecule has 1 atom stereocenters. The van der Waals surface area contributed by atoms with E-state index in [2.05, 4.69) is 4.74 Å². The Morgan fingerprint density at radius 1 is 2.00 bits per heavy atom. The summed E-state index contributed by atoms with van der Waals surface area (Å²) in [4.78, 5) is 0. The Morgan fingerprint density at radius 2 is 2.25 bits per heavy atom. The summed E-state index contributed by atoms with van der Waals surface area (Å²) < 4.78 is 4.47. The van der Waals surface area contributed by atoms with Crippen molar-refractivity contribution >= 4 is 11.6 Å². The predicted molar refractivity (Wildman–Crippen MR) is 15.6 cm³/mol. The molecule has 1 nitrogen and oxygen atoms in total. The van der Waals surface area contributed by atoms with Gasteiger partial charge in [-0.2, -0.15) is 0 Å². The summed E-state index contributed by atoms with van der Waals surface area (Å²) in [7, 11) is 0. The van der Waals surface area contributed by atoms with Crippen molar-refractivity contribution in [1.29, 1.82) is 0 Å². The van der Waals surface area contributed by atoms with Gasteiger partial charge < -0.3 is 4.74 Å². The average molecular weight is 78.5 g/mol. The van der Waals surface area contributed by atoms with Crippen molar-refractivity contribution in [3.63, 3.8) is 0 Å². The van der Waals surface area contributed by atoms with E-state index in [1.165, 1.54) is 0 Å². The molecule has 0 bridgehead atoms. The highest BCUT2D eigenvalue weighted by atomic mass is 35.5. The van der Waals surface area contributed by atoms with Gasteiger partial charge in [-0.15, -0.1) is 0 Å². The molecule has 1 aliphatic rings. The predicted octanol–water partition coefficient (Wildman–Crippen LogP) is 0.582. The highest BCUT2D eigenvalue weighted by Crippen LogP contribution is 2.11. The first-order valence-corrected chi connectivity index (χ1v) is 1.59. The van der Waals surface area contributed by atoms with E-state index in [-0.39, 0.29) is 5.56 Å². The SMILES string of the molecule is Cl[C@H]1CO1. The summed E-state index contributed by atoms with van der Waals surface area (Å²) in [5.74, 6) is 0. The minimum Gasteiger partial charge on any atom is -0.356 e. The standard InChI is InChI=1S/C2H3ClO/c3-2-1-4-2/h2H,1H2/t2-/m1/s1. The largest absolute Gasteiger partial charge is 0.356 e. The van der Waals surface area contributed by atoms with Crippen LogP contribution in [0, 0.1) is 0 Å². The highest BCUT2D eigenvalue weighted by molar-refractivity contribution is 6.21. The molecular formula is C2H3ClO. The van der Waals surface area contributed by atoms with Gasteiger partial charge in [-0.1, -0.05) is 11.6 Å². The molecular weight excluding hydrogens is 75.5 g/mol. The fourth-order valence-corrected chi connectivity index (χ4v) is 0.109. The van der Waals surface area contributed by atoms with E-state index in [1.54, 1.807) is 0 Å².